The van der Waals surface area contributed by atoms with Crippen molar-refractivity contribution in [2.24, 2.45) is 10.4 Å². The summed E-state index contributed by atoms with van der Waals surface area (Å²) < 4.78 is 5.58. The van der Waals surface area contributed by atoms with Gasteiger partial charge >= 0.3 is 0 Å². The van der Waals surface area contributed by atoms with E-state index in [1.54, 1.807) is 0 Å². The molecule has 1 unspecified atom stereocenters. The van der Waals surface area contributed by atoms with E-state index in [0.29, 0.717) is 0 Å². The fourth-order valence-electron chi connectivity index (χ4n) is 3.38. The Bertz CT molecular complexity index is 582. The first-order valence-electron chi connectivity index (χ1n) is 8.67. The number of hydrogen-bond donors (Lipinski definition) is 2. The van der Waals surface area contributed by atoms with Crippen LogP contribution in [0.3, 0.4) is 0 Å². The average Bonchev–Trinajstić information content (AvgIpc) is 3.23. The van der Waals surface area contributed by atoms with Crippen LogP contribution in [0.5, 0.6) is 0 Å². The van der Waals surface area contributed by atoms with Crippen LogP contribution in [0.2, 0.25) is 0 Å². The van der Waals surface area contributed by atoms with Crippen molar-refractivity contribution in [3.63, 3.8) is 0 Å². The molecule has 3 rings (SSSR count). The number of hydrogen-bond acceptors (Lipinski definition) is 3. The van der Waals surface area contributed by atoms with E-state index in [2.05, 4.69) is 20.5 Å². The molecule has 1 aromatic rings. The largest absolute Gasteiger partial charge is 0.381 e. The van der Waals surface area contributed by atoms with E-state index in [1.807, 2.05) is 37.3 Å². The molecular formula is C18H26N4O2. The number of nitrogens with one attached hydrogen (secondary N) is 2. The molecule has 1 aromatic carbocycles. The summed E-state index contributed by atoms with van der Waals surface area (Å²) in [4.78, 5) is 18.9. The normalized spacial score (nSPS) is 23.7. The molecule has 2 N–H and O–H groups in total. The van der Waals surface area contributed by atoms with E-state index < -0.39 is 0 Å². The highest BCUT2D eigenvalue weighted by Crippen LogP contribution is 2.38. The molecule has 1 amide bonds. The number of para-hydroxylation sites is 1. The van der Waals surface area contributed by atoms with Gasteiger partial charge in [-0.05, 0) is 31.9 Å². The van der Waals surface area contributed by atoms with Gasteiger partial charge in [-0.1, -0.05) is 18.2 Å². The molecule has 0 saturated carbocycles. The predicted molar refractivity (Wildman–Crippen MR) is 95.1 cm³/mol. The van der Waals surface area contributed by atoms with E-state index in [9.17, 15) is 4.79 Å². The van der Waals surface area contributed by atoms with Crippen molar-refractivity contribution in [2.75, 3.05) is 44.7 Å². The summed E-state index contributed by atoms with van der Waals surface area (Å²) in [6.07, 6.45) is 2.25. The molecule has 2 fully saturated rings. The molecule has 1 atom stereocenters. The Balaban J connectivity index is 1.58. The van der Waals surface area contributed by atoms with Gasteiger partial charge < -0.3 is 20.3 Å². The third-order valence-electron chi connectivity index (χ3n) is 4.69. The zero-order chi connectivity index (χ0) is 16.8. The molecule has 0 aliphatic carbocycles. The molecule has 0 bridgehead atoms. The van der Waals surface area contributed by atoms with Crippen molar-refractivity contribution in [3.05, 3.63) is 30.3 Å². The van der Waals surface area contributed by atoms with Gasteiger partial charge in [-0.3, -0.25) is 4.79 Å². The SMILES string of the molecule is CCNC(=NCC(=O)Nc1ccccc1)N1CCC2(CCOC2)C1. The first kappa shape index (κ1) is 16.8. The van der Waals surface area contributed by atoms with Crippen molar-refractivity contribution in [1.82, 2.24) is 10.2 Å². The van der Waals surface area contributed by atoms with Gasteiger partial charge in [0.1, 0.15) is 6.54 Å². The smallest absolute Gasteiger partial charge is 0.246 e. The Morgan fingerprint density at radius 1 is 1.33 bits per heavy atom. The van der Waals surface area contributed by atoms with Crippen molar-refractivity contribution >= 4 is 17.6 Å². The number of rotatable bonds is 4. The number of ether oxygens (including phenoxy) is 1. The lowest BCUT2D eigenvalue weighted by molar-refractivity contribution is -0.114. The Morgan fingerprint density at radius 2 is 2.17 bits per heavy atom. The summed E-state index contributed by atoms with van der Waals surface area (Å²) in [6.45, 7) is 6.59. The number of carbonyl (C=O) groups excluding carboxylic acids is 1. The fraction of sp³-hybridized carbons (Fsp3) is 0.556. The Labute approximate surface area is 143 Å². The number of anilines is 1. The number of likely N-dealkylation sites (tertiary alicyclic amines) is 1. The number of nitrogens with zero attached hydrogens (tertiary/aromatic N) is 2. The molecule has 24 heavy (non-hydrogen) atoms. The van der Waals surface area contributed by atoms with Gasteiger partial charge in [0, 0.05) is 37.3 Å². The fourth-order valence-corrected chi connectivity index (χ4v) is 3.38. The van der Waals surface area contributed by atoms with E-state index in [4.69, 9.17) is 4.74 Å². The maximum atomic E-state index is 12.1. The summed E-state index contributed by atoms with van der Waals surface area (Å²) >= 11 is 0. The molecule has 6 heteroatoms. The minimum absolute atomic E-state index is 0.102. The molecule has 1 spiro atoms. The maximum absolute atomic E-state index is 12.1. The predicted octanol–water partition coefficient (Wildman–Crippen LogP) is 1.70. The number of guanidine groups is 1. The molecule has 6 nitrogen and oxygen atoms in total. The van der Waals surface area contributed by atoms with Crippen LogP contribution in [0, 0.1) is 5.41 Å². The van der Waals surface area contributed by atoms with Gasteiger partial charge in [0.05, 0.1) is 6.61 Å². The summed E-state index contributed by atoms with van der Waals surface area (Å²) in [5.41, 5.74) is 1.08. The molecule has 0 aromatic heterocycles. The highest BCUT2D eigenvalue weighted by Gasteiger charge is 2.42. The summed E-state index contributed by atoms with van der Waals surface area (Å²) in [5, 5.41) is 6.17. The van der Waals surface area contributed by atoms with Gasteiger partial charge in [-0.25, -0.2) is 4.99 Å². The summed E-state index contributed by atoms with van der Waals surface area (Å²) in [6, 6.07) is 9.47. The van der Waals surface area contributed by atoms with Gasteiger partial charge in [0.25, 0.3) is 0 Å². The van der Waals surface area contributed by atoms with Crippen LogP contribution in [0.4, 0.5) is 5.69 Å². The molecule has 2 saturated heterocycles. The monoisotopic (exact) mass is 330 g/mol. The van der Waals surface area contributed by atoms with Gasteiger partial charge in [-0.2, -0.15) is 0 Å². The van der Waals surface area contributed by atoms with Crippen molar-refractivity contribution in [3.8, 4) is 0 Å². The lowest BCUT2D eigenvalue weighted by Gasteiger charge is -2.24. The van der Waals surface area contributed by atoms with Crippen LogP contribution in [-0.4, -0.2) is 56.2 Å². The summed E-state index contributed by atoms with van der Waals surface area (Å²) in [5.74, 6) is 0.721. The Hall–Kier alpha value is -2.08. The highest BCUT2D eigenvalue weighted by molar-refractivity contribution is 5.94. The van der Waals surface area contributed by atoms with Gasteiger partial charge in [-0.15, -0.1) is 0 Å². The Morgan fingerprint density at radius 3 is 2.88 bits per heavy atom. The lowest BCUT2D eigenvalue weighted by atomic mass is 9.87. The molecule has 2 heterocycles. The van der Waals surface area contributed by atoms with E-state index in [-0.39, 0.29) is 17.9 Å². The minimum Gasteiger partial charge on any atom is -0.381 e. The number of benzene rings is 1. The van der Waals surface area contributed by atoms with Crippen LogP contribution in [0.15, 0.2) is 35.3 Å². The third-order valence-corrected chi connectivity index (χ3v) is 4.69. The highest BCUT2D eigenvalue weighted by atomic mass is 16.5. The number of aliphatic imine (C=N–C) groups is 1. The molecule has 130 valence electrons. The topological polar surface area (TPSA) is 66.0 Å². The standard InChI is InChI=1S/C18H26N4O2/c1-2-19-17(22-10-8-18(13-22)9-11-24-14-18)20-12-16(23)21-15-6-4-3-5-7-15/h3-7H,2,8-14H2,1H3,(H,19,20)(H,21,23). The quantitative estimate of drug-likeness (QED) is 0.651. The van der Waals surface area contributed by atoms with Crippen LogP contribution < -0.4 is 10.6 Å². The molecular weight excluding hydrogens is 304 g/mol. The number of amides is 1. The average molecular weight is 330 g/mol. The molecule has 2 aliphatic rings. The number of carbonyl (C=O) groups is 1. The second-order valence-corrected chi connectivity index (χ2v) is 6.56. The van der Waals surface area contributed by atoms with Crippen LogP contribution in [-0.2, 0) is 9.53 Å². The van der Waals surface area contributed by atoms with Crippen LogP contribution >= 0.6 is 0 Å². The second-order valence-electron chi connectivity index (χ2n) is 6.56. The van der Waals surface area contributed by atoms with Crippen molar-refractivity contribution in [2.45, 2.75) is 19.8 Å². The maximum Gasteiger partial charge on any atom is 0.246 e. The van der Waals surface area contributed by atoms with E-state index in [1.165, 1.54) is 0 Å². The van der Waals surface area contributed by atoms with E-state index in [0.717, 1.165) is 57.3 Å². The van der Waals surface area contributed by atoms with Crippen molar-refractivity contribution < 1.29 is 9.53 Å². The first-order valence-corrected chi connectivity index (χ1v) is 8.67. The lowest BCUT2D eigenvalue weighted by Crippen LogP contribution is -2.42. The second kappa shape index (κ2) is 7.66. The molecule has 2 aliphatic heterocycles. The third kappa shape index (κ3) is 4.06. The van der Waals surface area contributed by atoms with Crippen LogP contribution in [0.1, 0.15) is 19.8 Å². The zero-order valence-corrected chi connectivity index (χ0v) is 14.3. The summed E-state index contributed by atoms with van der Waals surface area (Å²) in [7, 11) is 0. The van der Waals surface area contributed by atoms with Gasteiger partial charge in [0.2, 0.25) is 5.91 Å². The first-order chi connectivity index (χ1) is 11.7. The van der Waals surface area contributed by atoms with E-state index >= 15 is 0 Å². The molecule has 0 radical (unpaired) electrons. The zero-order valence-electron chi connectivity index (χ0n) is 14.3. The van der Waals surface area contributed by atoms with Crippen molar-refractivity contribution in [1.29, 1.82) is 0 Å². The van der Waals surface area contributed by atoms with Crippen LogP contribution in [0.25, 0.3) is 0 Å². The Kier molecular flexibility index (Phi) is 5.35. The minimum atomic E-state index is -0.102. The van der Waals surface area contributed by atoms with Gasteiger partial charge in [0.15, 0.2) is 5.96 Å².